The molecular weight excluding hydrogens is 398 g/mol. The minimum Gasteiger partial charge on any atom is -0.322 e. The van der Waals surface area contributed by atoms with Crippen molar-refractivity contribution in [2.24, 2.45) is 0 Å². The third kappa shape index (κ3) is 4.78. The zero-order chi connectivity index (χ0) is 21.2. The van der Waals surface area contributed by atoms with E-state index < -0.39 is 27.6 Å². The Balaban J connectivity index is 1.88. The van der Waals surface area contributed by atoms with Crippen molar-refractivity contribution >= 4 is 27.3 Å². The predicted molar refractivity (Wildman–Crippen MR) is 107 cm³/mol. The van der Waals surface area contributed by atoms with Crippen LogP contribution in [0.5, 0.6) is 0 Å². The van der Waals surface area contributed by atoms with Gasteiger partial charge in [-0.05, 0) is 61.4 Å². The van der Waals surface area contributed by atoms with Crippen molar-refractivity contribution in [3.63, 3.8) is 0 Å². The molecule has 8 heteroatoms. The van der Waals surface area contributed by atoms with Gasteiger partial charge in [-0.3, -0.25) is 9.52 Å². The maximum absolute atomic E-state index is 13.4. The molecule has 0 spiro atoms. The minimum absolute atomic E-state index is 0.0550. The van der Waals surface area contributed by atoms with E-state index in [-0.39, 0.29) is 16.1 Å². The molecule has 0 radical (unpaired) electrons. The first kappa shape index (κ1) is 20.5. The lowest BCUT2D eigenvalue weighted by molar-refractivity contribution is 0.102. The Hall–Kier alpha value is -3.26. The second kappa shape index (κ2) is 8.00. The molecule has 0 fully saturated rings. The van der Waals surface area contributed by atoms with E-state index in [2.05, 4.69) is 10.0 Å². The second-order valence-corrected chi connectivity index (χ2v) is 8.22. The van der Waals surface area contributed by atoms with Gasteiger partial charge in [0, 0.05) is 23.0 Å². The molecule has 0 aliphatic heterocycles. The summed E-state index contributed by atoms with van der Waals surface area (Å²) in [6.45, 7) is 3.48. The van der Waals surface area contributed by atoms with E-state index in [0.717, 1.165) is 17.7 Å². The normalized spacial score (nSPS) is 11.2. The van der Waals surface area contributed by atoms with Crippen molar-refractivity contribution in [1.29, 1.82) is 0 Å². The zero-order valence-electron chi connectivity index (χ0n) is 15.7. The average Bonchev–Trinajstić information content (AvgIpc) is 2.64. The SMILES string of the molecule is Cc1cccc(NS(=O)(=O)c2ccc(C)c(C(=O)Nc3ccc(F)c(F)c3)c2)c1. The maximum atomic E-state index is 13.4. The van der Waals surface area contributed by atoms with Gasteiger partial charge in [0.05, 0.1) is 4.90 Å². The van der Waals surface area contributed by atoms with Crippen molar-refractivity contribution in [2.75, 3.05) is 10.0 Å². The molecular formula is C21H18F2N2O3S. The summed E-state index contributed by atoms with van der Waals surface area (Å²) in [5.41, 5.74) is 1.97. The molecule has 1 amide bonds. The van der Waals surface area contributed by atoms with Crippen LogP contribution in [0.15, 0.2) is 65.6 Å². The van der Waals surface area contributed by atoms with Crippen molar-refractivity contribution in [2.45, 2.75) is 18.7 Å². The summed E-state index contributed by atoms with van der Waals surface area (Å²) in [5.74, 6) is -2.77. The third-order valence-electron chi connectivity index (χ3n) is 4.21. The van der Waals surface area contributed by atoms with E-state index in [1.54, 1.807) is 25.1 Å². The number of hydrogen-bond donors (Lipinski definition) is 2. The van der Waals surface area contributed by atoms with Crippen molar-refractivity contribution in [3.05, 3.63) is 89.0 Å². The molecule has 3 rings (SSSR count). The molecule has 29 heavy (non-hydrogen) atoms. The van der Waals surface area contributed by atoms with E-state index in [9.17, 15) is 22.0 Å². The first-order valence-corrected chi connectivity index (χ1v) is 10.1. The van der Waals surface area contributed by atoms with Gasteiger partial charge in [0.1, 0.15) is 0 Å². The fourth-order valence-electron chi connectivity index (χ4n) is 2.71. The number of amides is 1. The number of anilines is 2. The molecule has 2 N–H and O–H groups in total. The smallest absolute Gasteiger partial charge is 0.261 e. The summed E-state index contributed by atoms with van der Waals surface area (Å²) in [5, 5.41) is 2.44. The van der Waals surface area contributed by atoms with Crippen LogP contribution in [0.25, 0.3) is 0 Å². The second-order valence-electron chi connectivity index (χ2n) is 6.53. The Morgan fingerprint density at radius 1 is 0.862 bits per heavy atom. The summed E-state index contributed by atoms with van der Waals surface area (Å²) in [6.07, 6.45) is 0. The van der Waals surface area contributed by atoms with Crippen LogP contribution in [0.1, 0.15) is 21.5 Å². The van der Waals surface area contributed by atoms with Gasteiger partial charge in [-0.25, -0.2) is 17.2 Å². The minimum atomic E-state index is -3.93. The number of benzene rings is 3. The first-order chi connectivity index (χ1) is 13.7. The summed E-state index contributed by atoms with van der Waals surface area (Å²) >= 11 is 0. The lowest BCUT2D eigenvalue weighted by Crippen LogP contribution is -2.17. The monoisotopic (exact) mass is 416 g/mol. The molecule has 0 aliphatic rings. The number of rotatable bonds is 5. The van der Waals surface area contributed by atoms with E-state index in [0.29, 0.717) is 11.3 Å². The highest BCUT2D eigenvalue weighted by Gasteiger charge is 2.19. The Morgan fingerprint density at radius 2 is 1.62 bits per heavy atom. The Labute approximate surface area is 167 Å². The number of carbonyl (C=O) groups is 1. The molecule has 150 valence electrons. The van der Waals surface area contributed by atoms with Gasteiger partial charge in [-0.1, -0.05) is 18.2 Å². The quantitative estimate of drug-likeness (QED) is 0.637. The maximum Gasteiger partial charge on any atom is 0.261 e. The zero-order valence-corrected chi connectivity index (χ0v) is 16.5. The summed E-state index contributed by atoms with van der Waals surface area (Å²) in [7, 11) is -3.93. The molecule has 0 atom stereocenters. The largest absolute Gasteiger partial charge is 0.322 e. The number of hydrogen-bond acceptors (Lipinski definition) is 3. The molecule has 0 aromatic heterocycles. The lowest BCUT2D eigenvalue weighted by atomic mass is 10.1. The molecule has 3 aromatic rings. The van der Waals surface area contributed by atoms with Gasteiger partial charge in [0.25, 0.3) is 15.9 Å². The van der Waals surface area contributed by atoms with E-state index in [4.69, 9.17) is 0 Å². The Kier molecular flexibility index (Phi) is 5.65. The molecule has 0 saturated carbocycles. The van der Waals surface area contributed by atoms with E-state index in [1.165, 1.54) is 24.3 Å². The van der Waals surface area contributed by atoms with Gasteiger partial charge in [0.15, 0.2) is 11.6 Å². The van der Waals surface area contributed by atoms with Crippen LogP contribution in [0.3, 0.4) is 0 Å². The Bertz CT molecular complexity index is 1190. The number of aryl methyl sites for hydroxylation is 2. The lowest BCUT2D eigenvalue weighted by Gasteiger charge is -2.12. The third-order valence-corrected chi connectivity index (χ3v) is 5.59. The van der Waals surface area contributed by atoms with Crippen molar-refractivity contribution in [1.82, 2.24) is 0 Å². The van der Waals surface area contributed by atoms with E-state index in [1.807, 2.05) is 13.0 Å². The fraction of sp³-hybridized carbons (Fsp3) is 0.0952. The molecule has 0 heterocycles. The van der Waals surface area contributed by atoms with E-state index >= 15 is 0 Å². The van der Waals surface area contributed by atoms with Crippen molar-refractivity contribution in [3.8, 4) is 0 Å². The van der Waals surface area contributed by atoms with Gasteiger partial charge >= 0.3 is 0 Å². The Morgan fingerprint density at radius 3 is 2.31 bits per heavy atom. The van der Waals surface area contributed by atoms with Gasteiger partial charge in [-0.2, -0.15) is 0 Å². The van der Waals surface area contributed by atoms with Gasteiger partial charge in [-0.15, -0.1) is 0 Å². The fourth-order valence-corrected chi connectivity index (χ4v) is 3.78. The van der Waals surface area contributed by atoms with Crippen LogP contribution < -0.4 is 10.0 Å². The summed E-state index contributed by atoms with van der Waals surface area (Å²) in [6, 6.07) is 14.0. The summed E-state index contributed by atoms with van der Waals surface area (Å²) < 4.78 is 54.3. The topological polar surface area (TPSA) is 75.3 Å². The van der Waals surface area contributed by atoms with Crippen LogP contribution in [-0.4, -0.2) is 14.3 Å². The molecule has 0 saturated heterocycles. The van der Waals surface area contributed by atoms with Crippen LogP contribution in [-0.2, 0) is 10.0 Å². The van der Waals surface area contributed by atoms with Crippen LogP contribution in [0.4, 0.5) is 20.2 Å². The van der Waals surface area contributed by atoms with Gasteiger partial charge in [0.2, 0.25) is 0 Å². The molecule has 0 aliphatic carbocycles. The van der Waals surface area contributed by atoms with Gasteiger partial charge < -0.3 is 5.32 Å². The number of carbonyl (C=O) groups excluding carboxylic acids is 1. The highest BCUT2D eigenvalue weighted by Crippen LogP contribution is 2.21. The molecule has 0 unspecified atom stereocenters. The van der Waals surface area contributed by atoms with Crippen LogP contribution >= 0.6 is 0 Å². The first-order valence-electron chi connectivity index (χ1n) is 8.62. The number of nitrogens with one attached hydrogen (secondary N) is 2. The highest BCUT2D eigenvalue weighted by molar-refractivity contribution is 7.92. The number of halogens is 2. The average molecular weight is 416 g/mol. The van der Waals surface area contributed by atoms with Crippen LogP contribution in [0, 0.1) is 25.5 Å². The predicted octanol–water partition coefficient (Wildman–Crippen LogP) is 4.63. The standard InChI is InChI=1S/C21H18F2N2O3S/c1-13-4-3-5-16(10-13)25-29(27,28)17-8-6-14(2)18(12-17)21(26)24-15-7-9-19(22)20(23)11-15/h3-12,25H,1-2H3,(H,24,26). The van der Waals surface area contributed by atoms with Crippen molar-refractivity contribution < 1.29 is 22.0 Å². The molecule has 5 nitrogen and oxygen atoms in total. The number of sulfonamides is 1. The highest BCUT2D eigenvalue weighted by atomic mass is 32.2. The molecule has 3 aromatic carbocycles. The van der Waals surface area contributed by atoms with Crippen LogP contribution in [0.2, 0.25) is 0 Å². The molecule has 0 bridgehead atoms. The summed E-state index contributed by atoms with van der Waals surface area (Å²) in [4.78, 5) is 12.5.